The minimum Gasteiger partial charge on any atom is -0.395 e. The Labute approximate surface area is 54.4 Å². The monoisotopic (exact) mass is 123 g/mol. The molecule has 9 heavy (non-hydrogen) atoms. The number of hydrogen-bond acceptors (Lipinski definition) is 2. The molecule has 0 aromatic rings. The molecular formula is C7H9NO. The fourth-order valence-corrected chi connectivity index (χ4v) is 1.13. The highest BCUT2D eigenvalue weighted by Gasteiger charge is 2.39. The van der Waals surface area contributed by atoms with E-state index in [2.05, 4.69) is 12.6 Å². The molecule has 2 nitrogen and oxygen atoms in total. The fraction of sp³-hybridized carbons (Fsp3) is 0.571. The van der Waals surface area contributed by atoms with Crippen LogP contribution in [0.3, 0.4) is 0 Å². The Morgan fingerprint density at radius 1 is 1.78 bits per heavy atom. The topological polar surface area (TPSA) is 44.0 Å². The maximum Gasteiger partial charge on any atom is 0.0877 e. The van der Waals surface area contributed by atoms with Crippen molar-refractivity contribution in [2.45, 2.75) is 12.8 Å². The fourth-order valence-electron chi connectivity index (χ4n) is 1.13. The number of rotatable bonds is 1. The Kier molecular flexibility index (Phi) is 1.30. The second-order valence-electron chi connectivity index (χ2n) is 2.65. The molecule has 1 fully saturated rings. The molecule has 0 heterocycles. The zero-order chi connectivity index (χ0) is 6.91. The number of nitriles is 1. The molecule has 0 aromatic carbocycles. The van der Waals surface area contributed by atoms with Crippen molar-refractivity contribution in [2.24, 2.45) is 5.41 Å². The molecule has 0 bridgehead atoms. The first-order valence-electron chi connectivity index (χ1n) is 2.91. The Balaban J connectivity index is 2.58. The summed E-state index contributed by atoms with van der Waals surface area (Å²) in [6.07, 6.45) is 1.36. The van der Waals surface area contributed by atoms with Gasteiger partial charge in [0.1, 0.15) is 0 Å². The van der Waals surface area contributed by atoms with Gasteiger partial charge in [0.2, 0.25) is 0 Å². The summed E-state index contributed by atoms with van der Waals surface area (Å²) in [7, 11) is 0. The zero-order valence-corrected chi connectivity index (χ0v) is 5.22. The van der Waals surface area contributed by atoms with Crippen molar-refractivity contribution in [3.8, 4) is 6.07 Å². The average molecular weight is 123 g/mol. The molecule has 1 N–H and O–H groups in total. The van der Waals surface area contributed by atoms with E-state index in [1.54, 1.807) is 0 Å². The highest BCUT2D eigenvalue weighted by atomic mass is 16.3. The van der Waals surface area contributed by atoms with Crippen LogP contribution in [-0.2, 0) is 0 Å². The van der Waals surface area contributed by atoms with Gasteiger partial charge in [0.15, 0.2) is 0 Å². The van der Waals surface area contributed by atoms with Crippen molar-refractivity contribution in [3.05, 3.63) is 12.2 Å². The number of allylic oxidation sites excluding steroid dienone is 1. The lowest BCUT2D eigenvalue weighted by molar-refractivity contribution is 0.139. The third kappa shape index (κ3) is 0.839. The summed E-state index contributed by atoms with van der Waals surface area (Å²) in [6.45, 7) is 3.66. The Hall–Kier alpha value is -0.810. The van der Waals surface area contributed by atoms with Gasteiger partial charge in [-0.15, -0.1) is 0 Å². The van der Waals surface area contributed by atoms with Gasteiger partial charge < -0.3 is 5.11 Å². The molecular weight excluding hydrogens is 114 g/mol. The molecule has 0 saturated heterocycles. The summed E-state index contributed by atoms with van der Waals surface area (Å²) in [5, 5.41) is 17.2. The number of aliphatic hydroxyl groups is 1. The predicted molar refractivity (Wildman–Crippen MR) is 33.5 cm³/mol. The van der Waals surface area contributed by atoms with Gasteiger partial charge in [-0.3, -0.25) is 0 Å². The second kappa shape index (κ2) is 1.85. The van der Waals surface area contributed by atoms with Gasteiger partial charge >= 0.3 is 0 Å². The van der Waals surface area contributed by atoms with Crippen LogP contribution >= 0.6 is 0 Å². The van der Waals surface area contributed by atoms with E-state index in [-0.39, 0.29) is 6.61 Å². The molecule has 0 aliphatic heterocycles. The van der Waals surface area contributed by atoms with Gasteiger partial charge in [0.25, 0.3) is 0 Å². The molecule has 0 spiro atoms. The molecule has 1 rings (SSSR count). The summed E-state index contributed by atoms with van der Waals surface area (Å²) in [5.74, 6) is 0. The van der Waals surface area contributed by atoms with Crippen LogP contribution in [0.2, 0.25) is 0 Å². The molecule has 2 heteroatoms. The summed E-state index contributed by atoms with van der Waals surface area (Å²) in [6, 6.07) is 2.08. The molecule has 0 unspecified atom stereocenters. The predicted octanol–water partition coefficient (Wildman–Crippen LogP) is 0.839. The van der Waals surface area contributed by atoms with E-state index in [9.17, 15) is 0 Å². The zero-order valence-electron chi connectivity index (χ0n) is 5.22. The summed E-state index contributed by atoms with van der Waals surface area (Å²) >= 11 is 0. The van der Waals surface area contributed by atoms with Crippen molar-refractivity contribution in [1.82, 2.24) is 0 Å². The van der Waals surface area contributed by atoms with Crippen LogP contribution in [0.5, 0.6) is 0 Å². The van der Waals surface area contributed by atoms with Crippen LogP contribution in [0, 0.1) is 16.7 Å². The van der Waals surface area contributed by atoms with E-state index >= 15 is 0 Å². The van der Waals surface area contributed by atoms with Crippen LogP contribution in [0.25, 0.3) is 0 Å². The first kappa shape index (κ1) is 6.31. The van der Waals surface area contributed by atoms with Crippen molar-refractivity contribution >= 4 is 0 Å². The third-order valence-electron chi connectivity index (χ3n) is 1.72. The molecule has 0 amide bonds. The first-order valence-corrected chi connectivity index (χ1v) is 2.91. The van der Waals surface area contributed by atoms with Crippen LogP contribution in [0.15, 0.2) is 12.2 Å². The average Bonchev–Trinajstić information content (AvgIpc) is 1.81. The van der Waals surface area contributed by atoms with Crippen LogP contribution < -0.4 is 0 Å². The van der Waals surface area contributed by atoms with Crippen molar-refractivity contribution in [1.29, 1.82) is 5.26 Å². The van der Waals surface area contributed by atoms with Gasteiger partial charge in [0.05, 0.1) is 18.1 Å². The highest BCUT2D eigenvalue weighted by Crippen LogP contribution is 2.42. The maximum absolute atomic E-state index is 8.69. The van der Waals surface area contributed by atoms with Crippen molar-refractivity contribution in [2.75, 3.05) is 6.61 Å². The van der Waals surface area contributed by atoms with Gasteiger partial charge in [-0.25, -0.2) is 0 Å². The van der Waals surface area contributed by atoms with Gasteiger partial charge in [-0.1, -0.05) is 12.2 Å². The number of nitrogens with zero attached hydrogens (tertiary/aromatic N) is 1. The van der Waals surface area contributed by atoms with Crippen LogP contribution in [-0.4, -0.2) is 11.7 Å². The normalized spacial score (nSPS) is 22.4. The first-order chi connectivity index (χ1) is 4.22. The Morgan fingerprint density at radius 2 is 2.33 bits per heavy atom. The van der Waals surface area contributed by atoms with Crippen LogP contribution in [0.4, 0.5) is 0 Å². The van der Waals surface area contributed by atoms with Crippen molar-refractivity contribution < 1.29 is 5.11 Å². The standard InChI is InChI=1S/C7H9NO/c1-6-2-7(3-6,4-8)5-9/h9H,1-3,5H2. The van der Waals surface area contributed by atoms with Gasteiger partial charge in [-0.2, -0.15) is 5.26 Å². The smallest absolute Gasteiger partial charge is 0.0877 e. The molecule has 1 aliphatic carbocycles. The maximum atomic E-state index is 8.69. The van der Waals surface area contributed by atoms with Crippen LogP contribution in [0.1, 0.15) is 12.8 Å². The summed E-state index contributed by atoms with van der Waals surface area (Å²) in [4.78, 5) is 0. The number of aliphatic hydroxyl groups excluding tert-OH is 1. The van der Waals surface area contributed by atoms with E-state index in [4.69, 9.17) is 10.4 Å². The van der Waals surface area contributed by atoms with Gasteiger partial charge in [-0.05, 0) is 12.8 Å². The minimum absolute atomic E-state index is 0.0253. The SMILES string of the molecule is C=C1CC(C#N)(CO)C1. The lowest BCUT2D eigenvalue weighted by Crippen LogP contribution is -2.32. The minimum atomic E-state index is -0.461. The third-order valence-corrected chi connectivity index (χ3v) is 1.72. The van der Waals surface area contributed by atoms with E-state index in [0.29, 0.717) is 12.8 Å². The second-order valence-corrected chi connectivity index (χ2v) is 2.65. The summed E-state index contributed by atoms with van der Waals surface area (Å²) in [5.41, 5.74) is 0.613. The van der Waals surface area contributed by atoms with E-state index in [0.717, 1.165) is 5.57 Å². The molecule has 1 aliphatic rings. The quantitative estimate of drug-likeness (QED) is 0.525. The summed E-state index contributed by atoms with van der Waals surface area (Å²) < 4.78 is 0. The molecule has 48 valence electrons. The lowest BCUT2D eigenvalue weighted by atomic mass is 9.68. The molecule has 0 atom stereocenters. The molecule has 0 radical (unpaired) electrons. The molecule has 1 saturated carbocycles. The molecule has 0 aromatic heterocycles. The Bertz CT molecular complexity index is 170. The van der Waals surface area contributed by atoms with Crippen molar-refractivity contribution in [3.63, 3.8) is 0 Å². The highest BCUT2D eigenvalue weighted by molar-refractivity contribution is 5.22. The Morgan fingerprint density at radius 3 is 2.44 bits per heavy atom. The lowest BCUT2D eigenvalue weighted by Gasteiger charge is -2.35. The van der Waals surface area contributed by atoms with E-state index in [1.807, 2.05) is 0 Å². The van der Waals surface area contributed by atoms with E-state index < -0.39 is 5.41 Å². The van der Waals surface area contributed by atoms with E-state index in [1.165, 1.54) is 0 Å². The van der Waals surface area contributed by atoms with Gasteiger partial charge in [0, 0.05) is 0 Å². The largest absolute Gasteiger partial charge is 0.395 e. The number of hydrogen-bond donors (Lipinski definition) is 1.